The highest BCUT2D eigenvalue weighted by Gasteiger charge is 2.12. The van der Waals surface area contributed by atoms with Gasteiger partial charge in [0, 0.05) is 12.5 Å². The summed E-state index contributed by atoms with van der Waals surface area (Å²) in [5.74, 6) is 7.09. The van der Waals surface area contributed by atoms with Crippen LogP contribution in [0.3, 0.4) is 0 Å². The van der Waals surface area contributed by atoms with E-state index >= 15 is 0 Å². The first kappa shape index (κ1) is 16.2. The number of ether oxygens (including phenoxy) is 2. The number of halogens is 1. The van der Waals surface area contributed by atoms with E-state index in [1.807, 2.05) is 12.1 Å². The quantitative estimate of drug-likeness (QED) is 0.694. The molecule has 3 heteroatoms. The van der Waals surface area contributed by atoms with Crippen LogP contribution in [0.15, 0.2) is 41.9 Å². The lowest BCUT2D eigenvalue weighted by molar-refractivity contribution is 0.307. The molecule has 2 nitrogen and oxygen atoms in total. The molecule has 0 heterocycles. The molecule has 0 spiro atoms. The zero-order valence-electron chi connectivity index (χ0n) is 13.3. The predicted molar refractivity (Wildman–Crippen MR) is 85.9 cm³/mol. The van der Waals surface area contributed by atoms with Gasteiger partial charge in [-0.05, 0) is 48.5 Å². The SMILES string of the molecule is CCC(CC)c1ccc(OC2=CCC#CC(OC)=C2)c(F)c1. The maximum absolute atomic E-state index is 14.3. The van der Waals surface area contributed by atoms with Crippen LogP contribution in [0.25, 0.3) is 0 Å². The van der Waals surface area contributed by atoms with Crippen LogP contribution in [0.1, 0.15) is 44.6 Å². The monoisotopic (exact) mass is 300 g/mol. The van der Waals surface area contributed by atoms with Crippen LogP contribution in [0.4, 0.5) is 4.39 Å². The van der Waals surface area contributed by atoms with Gasteiger partial charge in [-0.25, -0.2) is 4.39 Å². The Morgan fingerprint density at radius 2 is 2.05 bits per heavy atom. The molecular weight excluding hydrogens is 279 g/mol. The zero-order valence-corrected chi connectivity index (χ0v) is 13.3. The molecule has 0 aliphatic heterocycles. The Bertz CT molecular complexity index is 643. The Kier molecular flexibility index (Phi) is 5.66. The third-order valence-corrected chi connectivity index (χ3v) is 3.75. The van der Waals surface area contributed by atoms with Gasteiger partial charge in [0.1, 0.15) is 5.76 Å². The molecule has 0 radical (unpaired) electrons. The number of hydrogen-bond donors (Lipinski definition) is 0. The average molecular weight is 300 g/mol. The summed E-state index contributed by atoms with van der Waals surface area (Å²) in [5.41, 5.74) is 1.01. The van der Waals surface area contributed by atoms with Crippen LogP contribution in [0.5, 0.6) is 5.75 Å². The first-order valence-corrected chi connectivity index (χ1v) is 7.59. The van der Waals surface area contributed by atoms with Crippen molar-refractivity contribution < 1.29 is 13.9 Å². The fourth-order valence-corrected chi connectivity index (χ4v) is 2.44. The first-order valence-electron chi connectivity index (χ1n) is 7.59. The highest BCUT2D eigenvalue weighted by Crippen LogP contribution is 2.28. The standard InChI is InChI=1S/C19H21FO2/c1-4-14(5-2)15-10-11-19(18(20)12-15)22-17-9-7-6-8-16(13-17)21-3/h9-14H,4-5,7H2,1-3H3. The third-order valence-electron chi connectivity index (χ3n) is 3.75. The highest BCUT2D eigenvalue weighted by molar-refractivity contribution is 5.38. The van der Waals surface area contributed by atoms with E-state index in [-0.39, 0.29) is 11.6 Å². The predicted octanol–water partition coefficient (Wildman–Crippen LogP) is 4.93. The molecule has 0 fully saturated rings. The van der Waals surface area contributed by atoms with Gasteiger partial charge in [-0.2, -0.15) is 0 Å². The topological polar surface area (TPSA) is 18.5 Å². The summed E-state index contributed by atoms with van der Waals surface area (Å²) in [6, 6.07) is 5.20. The number of allylic oxidation sites excluding steroid dienone is 3. The molecule has 1 aliphatic rings. The molecule has 116 valence electrons. The zero-order chi connectivity index (χ0) is 15.9. The number of rotatable bonds is 6. The smallest absolute Gasteiger partial charge is 0.173 e. The van der Waals surface area contributed by atoms with Crippen molar-refractivity contribution >= 4 is 0 Å². The van der Waals surface area contributed by atoms with Crippen molar-refractivity contribution in [2.24, 2.45) is 0 Å². The second-order valence-corrected chi connectivity index (χ2v) is 5.13. The minimum absolute atomic E-state index is 0.217. The van der Waals surface area contributed by atoms with E-state index in [1.54, 1.807) is 25.3 Å². The summed E-state index contributed by atoms with van der Waals surface area (Å²) in [6.45, 7) is 4.23. The molecule has 0 saturated heterocycles. The Hall–Kier alpha value is -2.21. The lowest BCUT2D eigenvalue weighted by Gasteiger charge is -2.14. The lowest BCUT2D eigenvalue weighted by atomic mass is 9.94. The Morgan fingerprint density at radius 3 is 2.68 bits per heavy atom. The normalized spacial score (nSPS) is 13.7. The number of hydrogen-bond acceptors (Lipinski definition) is 2. The van der Waals surface area contributed by atoms with E-state index in [9.17, 15) is 4.39 Å². The van der Waals surface area contributed by atoms with Crippen molar-refractivity contribution in [3.8, 4) is 17.6 Å². The molecule has 0 aromatic heterocycles. The van der Waals surface area contributed by atoms with Gasteiger partial charge in [-0.1, -0.05) is 25.8 Å². The van der Waals surface area contributed by atoms with Gasteiger partial charge in [0.25, 0.3) is 0 Å². The molecule has 22 heavy (non-hydrogen) atoms. The van der Waals surface area contributed by atoms with Gasteiger partial charge in [-0.15, -0.1) is 0 Å². The van der Waals surface area contributed by atoms with E-state index in [4.69, 9.17) is 9.47 Å². The molecule has 0 N–H and O–H groups in total. The van der Waals surface area contributed by atoms with E-state index in [2.05, 4.69) is 25.7 Å². The Labute approximate surface area is 131 Å². The van der Waals surface area contributed by atoms with Crippen LogP contribution in [-0.2, 0) is 4.74 Å². The van der Waals surface area contributed by atoms with Gasteiger partial charge in [0.05, 0.1) is 7.11 Å². The van der Waals surface area contributed by atoms with E-state index in [0.29, 0.717) is 23.9 Å². The van der Waals surface area contributed by atoms with Crippen molar-refractivity contribution in [1.29, 1.82) is 0 Å². The van der Waals surface area contributed by atoms with Crippen molar-refractivity contribution in [3.05, 3.63) is 53.3 Å². The summed E-state index contributed by atoms with van der Waals surface area (Å²) in [5, 5.41) is 0. The fourth-order valence-electron chi connectivity index (χ4n) is 2.44. The summed E-state index contributed by atoms with van der Waals surface area (Å²) >= 11 is 0. The maximum Gasteiger partial charge on any atom is 0.173 e. The summed E-state index contributed by atoms with van der Waals surface area (Å²) in [7, 11) is 1.55. The second kappa shape index (κ2) is 7.70. The fraction of sp³-hybridized carbons (Fsp3) is 0.368. The number of methoxy groups -OCH3 is 1. The molecule has 0 saturated carbocycles. The van der Waals surface area contributed by atoms with Crippen molar-refractivity contribution in [1.82, 2.24) is 0 Å². The Morgan fingerprint density at radius 1 is 1.27 bits per heavy atom. The molecule has 1 aliphatic carbocycles. The van der Waals surface area contributed by atoms with E-state index in [0.717, 1.165) is 18.4 Å². The average Bonchev–Trinajstić information content (AvgIpc) is 2.76. The van der Waals surface area contributed by atoms with Crippen LogP contribution < -0.4 is 4.74 Å². The first-order chi connectivity index (χ1) is 10.7. The molecular formula is C19H21FO2. The van der Waals surface area contributed by atoms with E-state index < -0.39 is 0 Å². The summed E-state index contributed by atoms with van der Waals surface area (Å²) in [4.78, 5) is 0. The Balaban J connectivity index is 2.19. The third kappa shape index (κ3) is 3.92. The van der Waals surface area contributed by atoms with Crippen LogP contribution in [0.2, 0.25) is 0 Å². The largest absolute Gasteiger partial charge is 0.488 e. The van der Waals surface area contributed by atoms with Crippen molar-refractivity contribution in [2.75, 3.05) is 7.11 Å². The van der Waals surface area contributed by atoms with Gasteiger partial charge >= 0.3 is 0 Å². The van der Waals surface area contributed by atoms with Crippen LogP contribution in [0, 0.1) is 17.7 Å². The van der Waals surface area contributed by atoms with Crippen LogP contribution >= 0.6 is 0 Å². The molecule has 0 amide bonds. The van der Waals surface area contributed by atoms with E-state index in [1.165, 1.54) is 0 Å². The van der Waals surface area contributed by atoms with Gasteiger partial charge in [0.2, 0.25) is 0 Å². The molecule has 1 aromatic rings. The highest BCUT2D eigenvalue weighted by atomic mass is 19.1. The molecule has 0 unspecified atom stereocenters. The number of benzene rings is 1. The minimum atomic E-state index is -0.345. The molecule has 0 atom stereocenters. The van der Waals surface area contributed by atoms with Gasteiger partial charge in [0.15, 0.2) is 17.3 Å². The maximum atomic E-state index is 14.3. The molecule has 2 rings (SSSR count). The van der Waals surface area contributed by atoms with Gasteiger partial charge < -0.3 is 9.47 Å². The summed E-state index contributed by atoms with van der Waals surface area (Å²) < 4.78 is 25.1. The second-order valence-electron chi connectivity index (χ2n) is 5.13. The van der Waals surface area contributed by atoms with Crippen LogP contribution in [-0.4, -0.2) is 7.11 Å². The van der Waals surface area contributed by atoms with Crippen molar-refractivity contribution in [3.63, 3.8) is 0 Å². The molecule has 1 aromatic carbocycles. The minimum Gasteiger partial charge on any atom is -0.488 e. The molecule has 0 bridgehead atoms. The summed E-state index contributed by atoms with van der Waals surface area (Å²) in [6.07, 6.45) is 6.03. The van der Waals surface area contributed by atoms with Crippen molar-refractivity contribution in [2.45, 2.75) is 39.0 Å². The van der Waals surface area contributed by atoms with Gasteiger partial charge in [-0.3, -0.25) is 0 Å². The lowest BCUT2D eigenvalue weighted by Crippen LogP contribution is -2.00.